The van der Waals surface area contributed by atoms with Crippen LogP contribution < -0.4 is 0 Å². The highest BCUT2D eigenvalue weighted by Crippen LogP contribution is 2.27. The summed E-state index contributed by atoms with van der Waals surface area (Å²) in [7, 11) is 0. The van der Waals surface area contributed by atoms with Crippen LogP contribution in [0, 0.1) is 0 Å². The molecule has 0 radical (unpaired) electrons. The van der Waals surface area contributed by atoms with Crippen LogP contribution in [0.1, 0.15) is 10.4 Å². The first kappa shape index (κ1) is 11.6. The van der Waals surface area contributed by atoms with Crippen molar-refractivity contribution < 1.29 is 14.6 Å². The van der Waals surface area contributed by atoms with Crippen molar-refractivity contribution in [3.05, 3.63) is 35.9 Å². The quantitative estimate of drug-likeness (QED) is 0.463. The minimum absolute atomic E-state index is 0.307. The average molecular weight is 255 g/mol. The van der Waals surface area contributed by atoms with Crippen molar-refractivity contribution in [1.82, 2.24) is 0 Å². The molecule has 76 valence electrons. The zero-order chi connectivity index (χ0) is 10.6. The lowest BCUT2D eigenvalue weighted by atomic mass is 10.2. The van der Waals surface area contributed by atoms with Gasteiger partial charge in [0.1, 0.15) is 0 Å². The van der Waals surface area contributed by atoms with Crippen molar-refractivity contribution >= 4 is 40.8 Å². The van der Waals surface area contributed by atoms with Crippen molar-refractivity contribution in [1.29, 1.82) is 0 Å². The van der Waals surface area contributed by atoms with Crippen molar-refractivity contribution in [2.24, 2.45) is 0 Å². The molecule has 1 aromatic carbocycles. The molecule has 0 aliphatic carbocycles. The van der Waals surface area contributed by atoms with Crippen molar-refractivity contribution in [2.75, 3.05) is 0 Å². The summed E-state index contributed by atoms with van der Waals surface area (Å²) in [4.78, 5) is 19.6. The highest BCUT2D eigenvalue weighted by molar-refractivity contribution is 6.66. The zero-order valence-corrected chi connectivity index (χ0v) is 9.01. The molecule has 0 fully saturated rings. The Balaban J connectivity index is 2.52. The monoisotopic (exact) mass is 254 g/mol. The summed E-state index contributed by atoms with van der Waals surface area (Å²) in [6, 6.07) is 8.19. The Morgan fingerprint density at radius 3 is 2.21 bits per heavy atom. The van der Waals surface area contributed by atoms with Crippen molar-refractivity contribution in [3.63, 3.8) is 0 Å². The number of hydrogen-bond acceptors (Lipinski definition) is 3. The first-order valence-electron chi connectivity index (χ1n) is 3.51. The van der Waals surface area contributed by atoms with Crippen LogP contribution >= 0.6 is 34.8 Å². The molecule has 0 unspecified atom stereocenters. The summed E-state index contributed by atoms with van der Waals surface area (Å²) in [6.07, 6.45) is 0. The Bertz CT molecular complexity index is 307. The molecule has 1 rings (SSSR count). The van der Waals surface area contributed by atoms with Gasteiger partial charge in [-0.3, -0.25) is 4.89 Å². The molecule has 6 heteroatoms. The van der Waals surface area contributed by atoms with Crippen LogP contribution in [0.25, 0.3) is 0 Å². The lowest BCUT2D eigenvalue weighted by Crippen LogP contribution is -2.14. The van der Waals surface area contributed by atoms with Gasteiger partial charge in [0.05, 0.1) is 5.56 Å². The maximum atomic E-state index is 11.2. The van der Waals surface area contributed by atoms with Crippen molar-refractivity contribution in [3.8, 4) is 0 Å². The molecular formula is C8H5Cl3O3. The molecule has 0 bridgehead atoms. The van der Waals surface area contributed by atoms with Crippen LogP contribution in [-0.4, -0.2) is 9.95 Å². The predicted octanol–water partition coefficient (Wildman–Crippen LogP) is 3.10. The fraction of sp³-hybridized carbons (Fsp3) is 0.125. The van der Waals surface area contributed by atoms with Gasteiger partial charge in [-0.05, 0) is 46.9 Å². The van der Waals surface area contributed by atoms with Gasteiger partial charge in [0.2, 0.25) is 0 Å². The van der Waals surface area contributed by atoms with Gasteiger partial charge in [-0.2, -0.15) is 0 Å². The number of halogens is 3. The smallest absolute Gasteiger partial charge is 0.288 e. The first-order chi connectivity index (χ1) is 6.49. The largest absolute Gasteiger partial charge is 0.373 e. The highest BCUT2D eigenvalue weighted by Gasteiger charge is 2.24. The van der Waals surface area contributed by atoms with Crippen LogP contribution in [0.5, 0.6) is 0 Å². The van der Waals surface area contributed by atoms with Gasteiger partial charge in [-0.15, -0.1) is 4.89 Å². The van der Waals surface area contributed by atoms with E-state index in [9.17, 15) is 4.79 Å². The summed E-state index contributed by atoms with van der Waals surface area (Å²) in [5.41, 5.74) is 0.307. The fourth-order valence-corrected chi connectivity index (χ4v) is 0.802. The lowest BCUT2D eigenvalue weighted by molar-refractivity contribution is -0.247. The molecule has 14 heavy (non-hydrogen) atoms. The Hall–Kier alpha value is -0.480. The molecule has 3 nitrogen and oxygen atoms in total. The third kappa shape index (κ3) is 4.15. The Labute approximate surface area is 95.4 Å². The lowest BCUT2D eigenvalue weighted by Gasteiger charge is -2.09. The van der Waals surface area contributed by atoms with E-state index >= 15 is 0 Å². The third-order valence-corrected chi connectivity index (χ3v) is 1.41. The minimum Gasteiger partial charge on any atom is -0.288 e. The average Bonchev–Trinajstić information content (AvgIpc) is 2.14. The summed E-state index contributed by atoms with van der Waals surface area (Å²) in [6.45, 7) is 0. The second-order valence-electron chi connectivity index (χ2n) is 2.27. The summed E-state index contributed by atoms with van der Waals surface area (Å²) >= 11 is 15.6. The number of alkyl halides is 3. The Morgan fingerprint density at radius 2 is 1.71 bits per heavy atom. The molecule has 0 heterocycles. The number of rotatable bonds is 2. The third-order valence-electron chi connectivity index (χ3n) is 1.22. The van der Waals surface area contributed by atoms with E-state index < -0.39 is 9.95 Å². The number of hydrogen-bond donors (Lipinski definition) is 0. The molecule has 0 N–H and O–H groups in total. The van der Waals surface area contributed by atoms with Gasteiger partial charge in [0.15, 0.2) is 0 Å². The van der Waals surface area contributed by atoms with Gasteiger partial charge in [-0.25, -0.2) is 4.79 Å². The first-order valence-corrected chi connectivity index (χ1v) is 4.64. The summed E-state index contributed by atoms with van der Waals surface area (Å²) < 4.78 is -2.07. The van der Waals surface area contributed by atoms with Crippen LogP contribution in [0.15, 0.2) is 30.3 Å². The highest BCUT2D eigenvalue weighted by atomic mass is 35.6. The van der Waals surface area contributed by atoms with Gasteiger partial charge in [-0.1, -0.05) is 18.2 Å². The minimum atomic E-state index is -2.07. The number of benzene rings is 1. The zero-order valence-electron chi connectivity index (χ0n) is 6.75. The SMILES string of the molecule is O=C(OOC(Cl)(Cl)Cl)c1ccccc1. The van der Waals surface area contributed by atoms with Gasteiger partial charge in [0, 0.05) is 0 Å². The van der Waals surface area contributed by atoms with Crippen molar-refractivity contribution in [2.45, 2.75) is 3.98 Å². The normalized spacial score (nSPS) is 11.1. The molecular weight excluding hydrogens is 250 g/mol. The van der Waals surface area contributed by atoms with E-state index in [0.29, 0.717) is 5.56 Å². The topological polar surface area (TPSA) is 35.5 Å². The van der Waals surface area contributed by atoms with Gasteiger partial charge < -0.3 is 0 Å². The fourth-order valence-electron chi connectivity index (χ4n) is 0.707. The van der Waals surface area contributed by atoms with E-state index in [-0.39, 0.29) is 0 Å². The Kier molecular flexibility index (Phi) is 4.01. The molecule has 0 spiro atoms. The molecule has 0 atom stereocenters. The van der Waals surface area contributed by atoms with Crippen LogP contribution in [0.2, 0.25) is 0 Å². The maximum Gasteiger partial charge on any atom is 0.373 e. The Morgan fingerprint density at radius 1 is 1.14 bits per heavy atom. The molecule has 0 saturated heterocycles. The molecule has 0 saturated carbocycles. The maximum absolute atomic E-state index is 11.2. The van der Waals surface area contributed by atoms with E-state index in [4.69, 9.17) is 34.8 Å². The van der Waals surface area contributed by atoms with Gasteiger partial charge >= 0.3 is 9.95 Å². The van der Waals surface area contributed by atoms with E-state index in [2.05, 4.69) is 9.78 Å². The molecule has 0 aromatic heterocycles. The van der Waals surface area contributed by atoms with Crippen LogP contribution in [0.3, 0.4) is 0 Å². The van der Waals surface area contributed by atoms with Crippen LogP contribution in [0.4, 0.5) is 0 Å². The second-order valence-corrected chi connectivity index (χ2v) is 4.44. The predicted molar refractivity (Wildman–Crippen MR) is 53.2 cm³/mol. The van der Waals surface area contributed by atoms with E-state index in [1.165, 1.54) is 0 Å². The van der Waals surface area contributed by atoms with E-state index in [1.54, 1.807) is 30.3 Å². The number of carbonyl (C=O) groups is 1. The number of carbonyl (C=O) groups excluding carboxylic acids is 1. The van der Waals surface area contributed by atoms with E-state index in [1.807, 2.05) is 0 Å². The van der Waals surface area contributed by atoms with Gasteiger partial charge in [0.25, 0.3) is 0 Å². The molecule has 0 amide bonds. The van der Waals surface area contributed by atoms with Crippen LogP contribution in [-0.2, 0) is 9.78 Å². The molecule has 1 aromatic rings. The second kappa shape index (κ2) is 4.84. The molecule has 0 aliphatic heterocycles. The summed E-state index contributed by atoms with van der Waals surface area (Å²) in [5.74, 6) is -0.725. The molecule has 0 aliphatic rings. The standard InChI is InChI=1S/C8H5Cl3O3/c9-8(10,11)14-13-7(12)6-4-2-1-3-5-6/h1-5H. The summed E-state index contributed by atoms with van der Waals surface area (Å²) in [5, 5.41) is 0. The van der Waals surface area contributed by atoms with E-state index in [0.717, 1.165) is 0 Å².